The van der Waals surface area contributed by atoms with Crippen molar-refractivity contribution in [1.82, 2.24) is 20.2 Å². The minimum Gasteiger partial charge on any atom is -0.367 e. The van der Waals surface area contributed by atoms with Crippen LogP contribution in [0.1, 0.15) is 24.1 Å². The summed E-state index contributed by atoms with van der Waals surface area (Å²) in [6.07, 6.45) is 3.37. The van der Waals surface area contributed by atoms with Gasteiger partial charge in [-0.3, -0.25) is 0 Å². The van der Waals surface area contributed by atoms with Gasteiger partial charge in [0.1, 0.15) is 12.1 Å². The number of aromatic nitrogens is 2. The minimum atomic E-state index is -0.0220. The molecule has 0 spiro atoms. The number of carbonyl (C=O) groups is 1. The van der Waals surface area contributed by atoms with E-state index in [0.717, 1.165) is 43.0 Å². The van der Waals surface area contributed by atoms with Crippen LogP contribution in [0.2, 0.25) is 5.02 Å². The van der Waals surface area contributed by atoms with E-state index in [4.69, 9.17) is 11.6 Å². The fourth-order valence-corrected chi connectivity index (χ4v) is 2.99. The molecule has 1 aromatic carbocycles. The molecule has 2 aromatic rings. The van der Waals surface area contributed by atoms with E-state index in [0.29, 0.717) is 17.6 Å². The SMILES string of the molecule is Cc1cc(NC2CCN(C(=O)NCc3ccc(Cl)cc3)CC2)ncn1. The standard InChI is InChI=1S/C18H22ClN5O/c1-13-10-17(22-12-21-13)23-16-6-8-24(9-7-16)18(25)20-11-14-2-4-15(19)5-3-14/h2-5,10,12,16H,6-9,11H2,1H3,(H,20,25)(H,21,22,23). The first kappa shape index (κ1) is 17.5. The van der Waals surface area contributed by atoms with Crippen molar-refractivity contribution in [3.8, 4) is 0 Å². The van der Waals surface area contributed by atoms with Gasteiger partial charge in [-0.1, -0.05) is 23.7 Å². The van der Waals surface area contributed by atoms with E-state index in [-0.39, 0.29) is 6.03 Å². The van der Waals surface area contributed by atoms with Crippen molar-refractivity contribution in [3.05, 3.63) is 52.9 Å². The second-order valence-corrected chi connectivity index (χ2v) is 6.67. The second kappa shape index (κ2) is 8.16. The first-order chi connectivity index (χ1) is 12.1. The van der Waals surface area contributed by atoms with Crippen LogP contribution in [0.5, 0.6) is 0 Å². The van der Waals surface area contributed by atoms with Crippen LogP contribution in [0.25, 0.3) is 0 Å². The number of aryl methyl sites for hydroxylation is 1. The maximum Gasteiger partial charge on any atom is 0.317 e. The van der Waals surface area contributed by atoms with Gasteiger partial charge in [0.2, 0.25) is 0 Å². The molecule has 3 rings (SSSR count). The molecular weight excluding hydrogens is 338 g/mol. The van der Waals surface area contributed by atoms with Crippen molar-refractivity contribution in [1.29, 1.82) is 0 Å². The van der Waals surface area contributed by atoms with Crippen LogP contribution in [-0.4, -0.2) is 40.0 Å². The van der Waals surface area contributed by atoms with Gasteiger partial charge in [0.25, 0.3) is 0 Å². The molecule has 7 heteroatoms. The first-order valence-corrected chi connectivity index (χ1v) is 8.80. The van der Waals surface area contributed by atoms with Gasteiger partial charge in [-0.15, -0.1) is 0 Å². The summed E-state index contributed by atoms with van der Waals surface area (Å²) in [7, 11) is 0. The Morgan fingerprint density at radius 1 is 1.24 bits per heavy atom. The molecular formula is C18H22ClN5O. The lowest BCUT2D eigenvalue weighted by atomic mass is 10.1. The zero-order chi connectivity index (χ0) is 17.6. The number of hydrogen-bond donors (Lipinski definition) is 2. The van der Waals surface area contributed by atoms with Crippen molar-refractivity contribution in [3.63, 3.8) is 0 Å². The van der Waals surface area contributed by atoms with Crippen LogP contribution >= 0.6 is 11.6 Å². The molecule has 1 saturated heterocycles. The molecule has 0 saturated carbocycles. The van der Waals surface area contributed by atoms with Gasteiger partial charge in [-0.25, -0.2) is 14.8 Å². The highest BCUT2D eigenvalue weighted by atomic mass is 35.5. The molecule has 0 aliphatic carbocycles. The number of carbonyl (C=O) groups excluding carboxylic acids is 1. The number of urea groups is 1. The molecule has 6 nitrogen and oxygen atoms in total. The van der Waals surface area contributed by atoms with Gasteiger partial charge < -0.3 is 15.5 Å². The van der Waals surface area contributed by atoms with Crippen LogP contribution in [0.4, 0.5) is 10.6 Å². The highest BCUT2D eigenvalue weighted by Crippen LogP contribution is 2.16. The third-order valence-corrected chi connectivity index (χ3v) is 4.55. The van der Waals surface area contributed by atoms with E-state index in [1.165, 1.54) is 0 Å². The van der Waals surface area contributed by atoms with Gasteiger partial charge in [-0.2, -0.15) is 0 Å². The molecule has 1 aliphatic rings. The minimum absolute atomic E-state index is 0.0220. The smallest absolute Gasteiger partial charge is 0.317 e. The van der Waals surface area contributed by atoms with E-state index in [1.807, 2.05) is 42.2 Å². The van der Waals surface area contributed by atoms with E-state index in [2.05, 4.69) is 20.6 Å². The predicted molar refractivity (Wildman–Crippen MR) is 98.7 cm³/mol. The molecule has 25 heavy (non-hydrogen) atoms. The van der Waals surface area contributed by atoms with Crippen molar-refractivity contribution >= 4 is 23.4 Å². The molecule has 0 radical (unpaired) electrons. The van der Waals surface area contributed by atoms with Crippen molar-refractivity contribution in [2.45, 2.75) is 32.4 Å². The zero-order valence-electron chi connectivity index (χ0n) is 14.2. The summed E-state index contributed by atoms with van der Waals surface area (Å²) in [6.45, 7) is 3.91. The number of rotatable bonds is 4. The molecule has 1 aromatic heterocycles. The number of likely N-dealkylation sites (tertiary alicyclic amines) is 1. The monoisotopic (exact) mass is 359 g/mol. The molecule has 2 heterocycles. The van der Waals surface area contributed by atoms with E-state index < -0.39 is 0 Å². The van der Waals surface area contributed by atoms with E-state index in [1.54, 1.807) is 6.33 Å². The number of halogens is 1. The summed E-state index contributed by atoms with van der Waals surface area (Å²) in [5, 5.41) is 7.08. The zero-order valence-corrected chi connectivity index (χ0v) is 15.0. The second-order valence-electron chi connectivity index (χ2n) is 6.24. The number of piperidine rings is 1. The Bertz CT molecular complexity index is 714. The van der Waals surface area contributed by atoms with Gasteiger partial charge in [0, 0.05) is 42.5 Å². The lowest BCUT2D eigenvalue weighted by Crippen LogP contribution is -2.46. The fraction of sp³-hybridized carbons (Fsp3) is 0.389. The summed E-state index contributed by atoms with van der Waals surface area (Å²) >= 11 is 5.87. The Hall–Kier alpha value is -2.34. The summed E-state index contributed by atoms with van der Waals surface area (Å²) in [5.74, 6) is 0.845. The first-order valence-electron chi connectivity index (χ1n) is 8.42. The Morgan fingerprint density at radius 2 is 1.96 bits per heavy atom. The molecule has 2 amide bonds. The summed E-state index contributed by atoms with van der Waals surface area (Å²) in [6, 6.07) is 9.74. The highest BCUT2D eigenvalue weighted by molar-refractivity contribution is 6.30. The van der Waals surface area contributed by atoms with Gasteiger partial charge >= 0.3 is 6.03 Å². The number of amides is 2. The summed E-state index contributed by atoms with van der Waals surface area (Å²) in [5.41, 5.74) is 1.98. The predicted octanol–water partition coefficient (Wildman–Crippen LogP) is 3.22. The third-order valence-electron chi connectivity index (χ3n) is 4.29. The number of benzene rings is 1. The van der Waals surface area contributed by atoms with Crippen LogP contribution < -0.4 is 10.6 Å². The summed E-state index contributed by atoms with van der Waals surface area (Å²) < 4.78 is 0. The fourth-order valence-electron chi connectivity index (χ4n) is 2.86. The molecule has 1 fully saturated rings. The van der Waals surface area contributed by atoms with Crippen molar-refractivity contribution in [2.24, 2.45) is 0 Å². The number of anilines is 1. The highest BCUT2D eigenvalue weighted by Gasteiger charge is 2.22. The van der Waals surface area contributed by atoms with Crippen LogP contribution in [0.15, 0.2) is 36.7 Å². The molecule has 0 atom stereocenters. The van der Waals surface area contributed by atoms with E-state index in [9.17, 15) is 4.79 Å². The summed E-state index contributed by atoms with van der Waals surface area (Å²) in [4.78, 5) is 22.5. The van der Waals surface area contributed by atoms with Crippen LogP contribution in [-0.2, 0) is 6.54 Å². The molecule has 132 valence electrons. The van der Waals surface area contributed by atoms with Gasteiger partial charge in [0.15, 0.2) is 0 Å². The number of nitrogens with one attached hydrogen (secondary N) is 2. The van der Waals surface area contributed by atoms with Gasteiger partial charge in [0.05, 0.1) is 0 Å². The lowest BCUT2D eigenvalue weighted by Gasteiger charge is -2.32. The maximum atomic E-state index is 12.3. The molecule has 0 bridgehead atoms. The maximum absolute atomic E-state index is 12.3. The molecule has 1 aliphatic heterocycles. The van der Waals surface area contributed by atoms with E-state index >= 15 is 0 Å². The lowest BCUT2D eigenvalue weighted by molar-refractivity contribution is 0.183. The number of hydrogen-bond acceptors (Lipinski definition) is 4. The normalized spacial score (nSPS) is 15.0. The van der Waals surface area contributed by atoms with Crippen molar-refractivity contribution < 1.29 is 4.79 Å². The Labute approximate surface area is 152 Å². The Balaban J connectivity index is 1.43. The average Bonchev–Trinajstić information content (AvgIpc) is 2.62. The Kier molecular flexibility index (Phi) is 5.71. The molecule has 2 N–H and O–H groups in total. The third kappa shape index (κ3) is 5.06. The average molecular weight is 360 g/mol. The molecule has 0 unspecified atom stereocenters. The topological polar surface area (TPSA) is 70.2 Å². The Morgan fingerprint density at radius 3 is 2.64 bits per heavy atom. The van der Waals surface area contributed by atoms with Crippen molar-refractivity contribution in [2.75, 3.05) is 18.4 Å². The quantitative estimate of drug-likeness (QED) is 0.879. The van der Waals surface area contributed by atoms with Crippen LogP contribution in [0.3, 0.4) is 0 Å². The number of nitrogens with zero attached hydrogens (tertiary/aromatic N) is 3. The largest absolute Gasteiger partial charge is 0.367 e. The van der Waals surface area contributed by atoms with Gasteiger partial charge in [-0.05, 0) is 37.5 Å². The van der Waals surface area contributed by atoms with Crippen LogP contribution in [0, 0.1) is 6.92 Å².